The van der Waals surface area contributed by atoms with E-state index in [9.17, 15) is 115 Å². The summed E-state index contributed by atoms with van der Waals surface area (Å²) in [6.45, 7) is 19.8. The zero-order valence-electron chi connectivity index (χ0n) is 82.8. The molecule has 32 nitrogen and oxygen atoms in total. The number of piperidine rings is 8. The van der Waals surface area contributed by atoms with E-state index in [1.807, 2.05) is 6.92 Å². The van der Waals surface area contributed by atoms with Crippen molar-refractivity contribution in [1.82, 2.24) is 54.7 Å². The summed E-state index contributed by atoms with van der Waals surface area (Å²) in [4.78, 5) is 154. The molecule has 12 N–H and O–H groups in total. The number of likely N-dealkylation sites (tertiary alicyclic amines) is 6. The third-order valence-electron chi connectivity index (χ3n) is 25.7. The number of nitrogens with two attached hydrogens (primary N) is 3. The van der Waals surface area contributed by atoms with Crippen LogP contribution in [0.5, 0.6) is 0 Å². The highest BCUT2D eigenvalue weighted by atomic mass is 35.5. The van der Waals surface area contributed by atoms with E-state index >= 15 is 0 Å². The maximum absolute atomic E-state index is 14.7. The summed E-state index contributed by atoms with van der Waals surface area (Å²) < 4.78 is 196. The van der Waals surface area contributed by atoms with E-state index in [0.29, 0.717) is 123 Å². The fourth-order valence-electron chi connectivity index (χ4n) is 18.8. The van der Waals surface area contributed by atoms with Crippen molar-refractivity contribution in [2.24, 2.45) is 29.4 Å². The summed E-state index contributed by atoms with van der Waals surface area (Å²) in [6, 6.07) is 7.09. The minimum Gasteiger partial charge on any atom is -0.481 e. The first-order valence-corrected chi connectivity index (χ1v) is 49.9. The average molecular weight is 2210 g/mol. The maximum Gasteiger partial charge on any atom is 0.416 e. The lowest BCUT2D eigenvalue weighted by Crippen LogP contribution is -2.61. The molecule has 0 bridgehead atoms. The number of hydrogen-bond acceptors (Lipinski definition) is 25. The Morgan fingerprint density at radius 2 is 0.703 bits per heavy atom. The van der Waals surface area contributed by atoms with Crippen LogP contribution >= 0.6 is 58.0 Å². The molecule has 8 aliphatic heterocycles. The molecule has 12 atom stereocenters. The molecule has 4 unspecified atom stereocenters. The zero-order chi connectivity index (χ0) is 110. The van der Waals surface area contributed by atoms with Gasteiger partial charge in [0.05, 0.1) is 52.3 Å². The van der Waals surface area contributed by atoms with Crippen LogP contribution in [0, 0.1) is 35.3 Å². The monoisotopic (exact) mass is 2200 g/mol. The van der Waals surface area contributed by atoms with Crippen molar-refractivity contribution in [2.45, 2.75) is 243 Å². The summed E-state index contributed by atoms with van der Waals surface area (Å²) in [6.07, 6.45) is -10.5. The number of nitrogen functional groups attached to an aromatic ring is 2. The van der Waals surface area contributed by atoms with E-state index in [1.54, 1.807) is 75.0 Å². The van der Waals surface area contributed by atoms with Gasteiger partial charge in [0.1, 0.15) is 65.4 Å². The number of carboxylic acids is 1. The van der Waals surface area contributed by atoms with Crippen LogP contribution in [0.3, 0.4) is 0 Å². The molecule has 51 heteroatoms. The number of anilines is 7. The second-order valence-electron chi connectivity index (χ2n) is 38.3. The number of ketones is 3. The minimum atomic E-state index is -4.61. The van der Waals surface area contributed by atoms with Gasteiger partial charge in [-0.15, -0.1) is 0 Å². The van der Waals surface area contributed by atoms with Crippen molar-refractivity contribution in [3.8, 4) is 0 Å². The van der Waals surface area contributed by atoms with Crippen molar-refractivity contribution in [3.05, 3.63) is 145 Å². The Hall–Kier alpha value is -11.1. The maximum atomic E-state index is 14.7. The number of nitrogens with zero attached hydrogens (tertiary/aromatic N) is 11. The number of aliphatic carboxylic acids is 1. The Morgan fingerprint density at radius 1 is 0.405 bits per heavy atom. The standard InChI is InChI=1S/C25H33ClF3N3O4.C24H27ClF4N6O2.C23H29ClF3N3O5.C20H25ClF3N3O2.C4H3ClFN3.CH5N/c1-5-21(33)18-8-10-31(23(35)36-24(2,3)4)14-20(18)32-9-6-7-19(22(32)34)30-17-12-15(25(27,28)29)11-16(26)13-17;1-2-19(36)16-5-7-34(22-20(26)21(30)31-12-32-22)11-18(16)35-6-3-4-17(23(35)37)33-15-9-13(24(27,28)29)8-14(25)10-15;1-22(2,3)35-21(34)29-8-6-16(20(32)33)18(12-29)30-7-4-5-17(19(30)31)28-15-10-13(23(25,26)27)9-14(24)11-15;1-2-18(28)15-5-6-25-11-17(15)27-7-3-4-16(19(27)29)26-14-9-12(20(22,23)24)8-13(21)10-14;5-3-2(6)4(7)9-1-8-3;1-2/h11-13,18-20,30H,5-10,14H2,1-4H3;8-10,12,16-18,33H,2-7,11H2,1H3,(H2,30,31,32);9-11,16-18,28H,4-8,12H2,1-3H3,(H,32,33);8-10,15-17,25-26H,2-7,11H2,1H3;1H,(H2,7,8,9);2H2,1H3/t18-,19?,20-;2*16-,17?,18-;15-,16?,17-;;/m0000../s1. The Labute approximate surface area is 871 Å². The topological polar surface area (TPSA) is 422 Å². The SMILES string of the molecule is CC(C)(C)OC(=O)N1CC[C@H](C(=O)O)[C@@H](N2CCCC(Nc3cc(Cl)cc(C(F)(F)F)c3)C2=O)C1.CCC(=O)[C@H]1CCN(C(=O)OC(C)(C)C)C[C@@H]1N1CCCC(Nc2cc(Cl)cc(C(F)(F)F)c2)C1=O.CCC(=O)[C@H]1CCN(c2ncnc(N)c2F)C[C@@H]1N1CCCC(Nc2cc(Cl)cc(C(F)(F)F)c2)C1=O.CCC(=O)[C@H]1CCNC[C@@H]1N1CCCC(Nc2cc(Cl)cc(C(F)(F)F)c2)C1=O.CN.Nc1ncnc(Cl)c1F. The van der Waals surface area contributed by atoms with Gasteiger partial charge < -0.3 is 92.7 Å². The first-order valence-electron chi connectivity index (χ1n) is 48.0. The number of amides is 6. The van der Waals surface area contributed by atoms with Crippen molar-refractivity contribution < 1.29 is 124 Å². The number of hydrogen-bond donors (Lipinski definition) is 9. The number of carbonyl (C=O) groups is 10. The average Bonchev–Trinajstić information content (AvgIpc) is 0.785. The number of carbonyl (C=O) groups excluding carboxylic acids is 9. The number of nitrogens with one attached hydrogen (secondary N) is 5. The molecule has 816 valence electrons. The van der Waals surface area contributed by atoms with Crippen LogP contribution in [0.4, 0.5) is 111 Å². The highest BCUT2D eigenvalue weighted by Gasteiger charge is 2.50. The Morgan fingerprint density at radius 3 is 1.01 bits per heavy atom. The molecule has 6 amide bonds. The Kier molecular flexibility index (Phi) is 42.4. The number of rotatable bonds is 20. The van der Waals surface area contributed by atoms with Gasteiger partial charge in [-0.05, 0) is 205 Å². The molecule has 6 aromatic rings. The largest absolute Gasteiger partial charge is 0.481 e. The lowest BCUT2D eigenvalue weighted by atomic mass is 9.84. The van der Waals surface area contributed by atoms with Gasteiger partial charge >= 0.3 is 42.9 Å². The first-order chi connectivity index (χ1) is 69.2. The fraction of sp³-hybridized carbons (Fsp3) is 0.567. The number of alkyl halides is 12. The van der Waals surface area contributed by atoms with Crippen molar-refractivity contribution in [3.63, 3.8) is 0 Å². The minimum absolute atomic E-state index is 0.00219. The number of benzene rings is 4. The lowest BCUT2D eigenvalue weighted by molar-refractivity contribution is -0.151. The molecule has 148 heavy (non-hydrogen) atoms. The fourth-order valence-corrected chi connectivity index (χ4v) is 19.9. The van der Waals surface area contributed by atoms with Crippen LogP contribution in [0.2, 0.25) is 25.2 Å². The van der Waals surface area contributed by atoms with Crippen LogP contribution in [0.25, 0.3) is 0 Å². The van der Waals surface area contributed by atoms with Crippen LogP contribution in [-0.2, 0) is 72.5 Å². The summed E-state index contributed by atoms with van der Waals surface area (Å²) in [5, 5.41) is 24.0. The summed E-state index contributed by atoms with van der Waals surface area (Å²) in [5.74, 6) is -6.28. The van der Waals surface area contributed by atoms with E-state index in [4.69, 9.17) is 78.9 Å². The van der Waals surface area contributed by atoms with E-state index in [0.717, 1.165) is 67.7 Å². The zero-order valence-corrected chi connectivity index (χ0v) is 86.6. The number of carboxylic acid groups (broad SMARTS) is 1. The molecule has 0 radical (unpaired) electrons. The molecular weight excluding hydrogens is 2080 g/mol. The highest BCUT2D eigenvalue weighted by molar-refractivity contribution is 6.32. The molecule has 2 aromatic heterocycles. The second kappa shape index (κ2) is 52.1. The predicted molar refractivity (Wildman–Crippen MR) is 529 cm³/mol. The van der Waals surface area contributed by atoms with E-state index < -0.39 is 154 Å². The van der Waals surface area contributed by atoms with Gasteiger partial charge in [-0.1, -0.05) is 78.8 Å². The molecule has 8 aliphatic rings. The van der Waals surface area contributed by atoms with Gasteiger partial charge in [-0.25, -0.2) is 29.5 Å². The van der Waals surface area contributed by atoms with Gasteiger partial charge in [0.15, 0.2) is 22.6 Å². The normalized spacial score (nSPS) is 22.7. The van der Waals surface area contributed by atoms with Crippen molar-refractivity contribution >= 4 is 157 Å². The third-order valence-corrected chi connectivity index (χ3v) is 26.9. The van der Waals surface area contributed by atoms with E-state index in [1.165, 1.54) is 46.0 Å². The van der Waals surface area contributed by atoms with E-state index in [2.05, 4.69) is 52.3 Å². The Balaban J connectivity index is 0.000000212. The lowest BCUT2D eigenvalue weighted by Gasteiger charge is -2.46. The second-order valence-corrected chi connectivity index (χ2v) is 40.4. The molecule has 0 spiro atoms. The summed E-state index contributed by atoms with van der Waals surface area (Å²) in [5.41, 5.74) is 10.4. The molecule has 0 aliphatic carbocycles. The quantitative estimate of drug-likeness (QED) is 0.0253. The number of halogens is 19. The predicted octanol–water partition coefficient (Wildman–Crippen LogP) is 18.1. The number of aromatic nitrogens is 4. The third kappa shape index (κ3) is 33.0. The number of Topliss-reactive ketones (excluding diaryl/α,β-unsaturated/α-hetero) is 3. The molecule has 4 aromatic carbocycles. The van der Waals surface area contributed by atoms with Crippen LogP contribution in [0.1, 0.15) is 181 Å². The first kappa shape index (κ1) is 120. The van der Waals surface area contributed by atoms with Crippen molar-refractivity contribution in [1.29, 1.82) is 0 Å². The van der Waals surface area contributed by atoms with Gasteiger partial charge in [0.2, 0.25) is 35.3 Å². The van der Waals surface area contributed by atoms with Crippen LogP contribution < -0.4 is 48.7 Å². The molecule has 8 fully saturated rings. The molecule has 0 saturated carbocycles. The Bertz CT molecular complexity index is 5640. The van der Waals surface area contributed by atoms with Gasteiger partial charge in [0, 0.05) is 152 Å². The van der Waals surface area contributed by atoms with Crippen LogP contribution in [-0.4, -0.2) is 259 Å². The highest BCUT2D eigenvalue weighted by Crippen LogP contribution is 2.43. The van der Waals surface area contributed by atoms with Gasteiger partial charge in [0.25, 0.3) is 0 Å². The summed E-state index contributed by atoms with van der Waals surface area (Å²) in [7, 11) is 1.50. The molecule has 10 heterocycles. The van der Waals surface area contributed by atoms with Crippen LogP contribution in [0.15, 0.2) is 85.5 Å². The smallest absolute Gasteiger partial charge is 0.416 e. The van der Waals surface area contributed by atoms with Crippen molar-refractivity contribution in [2.75, 3.05) is 123 Å². The van der Waals surface area contributed by atoms with Gasteiger partial charge in [-0.3, -0.25) is 38.4 Å². The number of ether oxygens (including phenoxy) is 2. The molecule has 8 saturated heterocycles. The summed E-state index contributed by atoms with van der Waals surface area (Å²) >= 11 is 28.7. The molecular formula is C97H122Cl5F14N19O13. The van der Waals surface area contributed by atoms with Gasteiger partial charge in [-0.2, -0.15) is 61.5 Å². The molecule has 14 rings (SSSR count). The van der Waals surface area contributed by atoms with E-state index in [-0.39, 0.29) is 158 Å².